The lowest BCUT2D eigenvalue weighted by molar-refractivity contribution is -0.138. The van der Waals surface area contributed by atoms with Crippen molar-refractivity contribution in [3.63, 3.8) is 0 Å². The highest BCUT2D eigenvalue weighted by atomic mass is 16.5. The molecule has 3 aromatic carbocycles. The Morgan fingerprint density at radius 3 is 1.92 bits per heavy atom. The Balaban J connectivity index is 1.53. The quantitative estimate of drug-likeness (QED) is 0.355. The number of ether oxygens (including phenoxy) is 3. The van der Waals surface area contributed by atoms with E-state index < -0.39 is 23.8 Å². The van der Waals surface area contributed by atoms with Gasteiger partial charge in [-0.05, 0) is 46.4 Å². The van der Waals surface area contributed by atoms with Crippen molar-refractivity contribution in [3.8, 4) is 28.4 Å². The first kappa shape index (κ1) is 26.5. The molecule has 0 spiro atoms. The van der Waals surface area contributed by atoms with E-state index >= 15 is 0 Å². The number of methoxy groups -OCH3 is 3. The van der Waals surface area contributed by atoms with Crippen LogP contribution >= 0.6 is 0 Å². The van der Waals surface area contributed by atoms with Gasteiger partial charge in [-0.2, -0.15) is 0 Å². The second-order valence-corrected chi connectivity index (χ2v) is 8.85. The summed E-state index contributed by atoms with van der Waals surface area (Å²) in [4.78, 5) is 38.0. The number of carbonyl (C=O) groups excluding carboxylic acids is 2. The Morgan fingerprint density at radius 1 is 0.868 bits per heavy atom. The highest BCUT2D eigenvalue weighted by molar-refractivity contribution is 5.98. The molecule has 0 aromatic heterocycles. The van der Waals surface area contributed by atoms with Gasteiger partial charge >= 0.3 is 5.97 Å². The fraction of sp³-hybridized carbons (Fsp3) is 0.276. The molecule has 0 saturated heterocycles. The maximum absolute atomic E-state index is 13.6. The Hall–Kier alpha value is -4.53. The van der Waals surface area contributed by atoms with Gasteiger partial charge in [-0.3, -0.25) is 14.4 Å². The molecule has 9 nitrogen and oxygen atoms in total. The molecule has 0 aliphatic heterocycles. The van der Waals surface area contributed by atoms with Gasteiger partial charge in [0.25, 0.3) is 0 Å². The third-order valence-electron chi connectivity index (χ3n) is 6.57. The van der Waals surface area contributed by atoms with Crippen LogP contribution in [0.1, 0.15) is 35.4 Å². The summed E-state index contributed by atoms with van der Waals surface area (Å²) in [5.41, 5.74) is 4.31. The molecule has 0 bridgehead atoms. The molecular formula is C29H30N2O7. The van der Waals surface area contributed by atoms with Gasteiger partial charge in [0.2, 0.25) is 17.6 Å². The first-order chi connectivity index (χ1) is 18.4. The van der Waals surface area contributed by atoms with Crippen LogP contribution in [0.3, 0.4) is 0 Å². The predicted octanol–water partition coefficient (Wildman–Crippen LogP) is 3.49. The molecule has 2 amide bonds. The van der Waals surface area contributed by atoms with Crippen molar-refractivity contribution < 1.29 is 33.7 Å². The maximum atomic E-state index is 13.6. The minimum atomic E-state index is -1.06. The first-order valence-corrected chi connectivity index (χ1v) is 12.1. The molecule has 0 fully saturated rings. The van der Waals surface area contributed by atoms with E-state index in [1.807, 2.05) is 48.5 Å². The van der Waals surface area contributed by atoms with Crippen LogP contribution in [0.5, 0.6) is 17.2 Å². The zero-order valence-electron chi connectivity index (χ0n) is 21.4. The van der Waals surface area contributed by atoms with Crippen LogP contribution in [0, 0.1) is 0 Å². The van der Waals surface area contributed by atoms with Crippen LogP contribution < -0.4 is 24.8 Å². The molecule has 1 aliphatic carbocycles. The molecule has 0 radical (unpaired) electrons. The summed E-state index contributed by atoms with van der Waals surface area (Å²) < 4.78 is 16.1. The number of benzene rings is 3. The molecule has 3 aromatic rings. The van der Waals surface area contributed by atoms with Gasteiger partial charge in [0, 0.05) is 13.0 Å². The molecule has 0 saturated carbocycles. The predicted molar refractivity (Wildman–Crippen MR) is 140 cm³/mol. The SMILES string of the molecule is COc1cc(CNC(=O)[C@H](CCC(=O)O)NC(=O)C2c3ccccc3-c3ccccc32)cc(OC)c1OC. The molecule has 0 unspecified atom stereocenters. The lowest BCUT2D eigenvalue weighted by atomic mass is 9.95. The largest absolute Gasteiger partial charge is 0.493 e. The zero-order chi connectivity index (χ0) is 27.2. The monoisotopic (exact) mass is 518 g/mol. The van der Waals surface area contributed by atoms with Crippen LogP contribution in [0.4, 0.5) is 0 Å². The molecule has 1 atom stereocenters. The van der Waals surface area contributed by atoms with Gasteiger partial charge in [-0.15, -0.1) is 0 Å². The zero-order valence-corrected chi connectivity index (χ0v) is 21.4. The van der Waals surface area contributed by atoms with E-state index in [9.17, 15) is 19.5 Å². The second-order valence-electron chi connectivity index (χ2n) is 8.85. The number of fused-ring (bicyclic) bond motifs is 3. The number of carbonyl (C=O) groups is 3. The Morgan fingerprint density at radius 2 is 1.42 bits per heavy atom. The molecular weight excluding hydrogens is 488 g/mol. The van der Waals surface area contributed by atoms with Crippen molar-refractivity contribution in [1.82, 2.24) is 10.6 Å². The summed E-state index contributed by atoms with van der Waals surface area (Å²) in [5.74, 6) is -1.21. The van der Waals surface area contributed by atoms with Crippen LogP contribution in [-0.4, -0.2) is 50.3 Å². The van der Waals surface area contributed by atoms with Gasteiger partial charge < -0.3 is 30.0 Å². The van der Waals surface area contributed by atoms with E-state index in [0.29, 0.717) is 22.8 Å². The molecule has 38 heavy (non-hydrogen) atoms. The Kier molecular flexibility index (Phi) is 8.15. The topological polar surface area (TPSA) is 123 Å². The van der Waals surface area contributed by atoms with Gasteiger partial charge in [0.05, 0.1) is 27.2 Å². The highest BCUT2D eigenvalue weighted by Gasteiger charge is 2.35. The fourth-order valence-electron chi connectivity index (χ4n) is 4.78. The number of hydrogen-bond donors (Lipinski definition) is 3. The Bertz CT molecular complexity index is 1280. The number of aliphatic carboxylic acids is 1. The van der Waals surface area contributed by atoms with E-state index in [1.54, 1.807) is 12.1 Å². The maximum Gasteiger partial charge on any atom is 0.303 e. The molecule has 9 heteroatoms. The van der Waals surface area contributed by atoms with Crippen molar-refractivity contribution in [2.45, 2.75) is 31.3 Å². The minimum absolute atomic E-state index is 0.0574. The number of amides is 2. The van der Waals surface area contributed by atoms with E-state index in [0.717, 1.165) is 22.3 Å². The fourth-order valence-corrected chi connectivity index (χ4v) is 4.78. The lowest BCUT2D eigenvalue weighted by Gasteiger charge is -2.21. The number of rotatable bonds is 11. The average Bonchev–Trinajstić information content (AvgIpc) is 3.27. The molecule has 198 valence electrons. The van der Waals surface area contributed by atoms with Gasteiger partial charge in [0.15, 0.2) is 11.5 Å². The number of carboxylic acids is 1. The van der Waals surface area contributed by atoms with E-state index in [4.69, 9.17) is 14.2 Å². The molecule has 0 heterocycles. The standard InChI is InChI=1S/C29H30N2O7/c1-36-23-14-17(15-24(37-2)27(23)38-3)16-30-28(34)22(12-13-25(32)33)31-29(35)26-20-10-6-4-8-18(20)19-9-5-7-11-21(19)26/h4-11,14-15,22,26H,12-13,16H2,1-3H3,(H,30,34)(H,31,35)(H,32,33)/t22-/m0/s1. The molecule has 4 rings (SSSR count). The molecule has 3 N–H and O–H groups in total. The van der Waals surface area contributed by atoms with Crippen LogP contribution in [0.2, 0.25) is 0 Å². The van der Waals surface area contributed by atoms with Crippen LogP contribution in [0.25, 0.3) is 11.1 Å². The van der Waals surface area contributed by atoms with Crippen molar-refractivity contribution in [2.75, 3.05) is 21.3 Å². The minimum Gasteiger partial charge on any atom is -0.493 e. The first-order valence-electron chi connectivity index (χ1n) is 12.1. The van der Waals surface area contributed by atoms with E-state index in [1.165, 1.54) is 21.3 Å². The van der Waals surface area contributed by atoms with Gasteiger partial charge in [-0.25, -0.2) is 0 Å². The summed E-state index contributed by atoms with van der Waals surface area (Å²) in [7, 11) is 4.49. The summed E-state index contributed by atoms with van der Waals surface area (Å²) in [5, 5.41) is 14.8. The summed E-state index contributed by atoms with van der Waals surface area (Å²) in [6.07, 6.45) is -0.335. The smallest absolute Gasteiger partial charge is 0.303 e. The number of carboxylic acid groups (broad SMARTS) is 1. The Labute approximate surface area is 220 Å². The van der Waals surface area contributed by atoms with E-state index in [-0.39, 0.29) is 25.3 Å². The summed E-state index contributed by atoms with van der Waals surface area (Å²) in [6, 6.07) is 17.7. The van der Waals surface area contributed by atoms with Crippen molar-refractivity contribution >= 4 is 17.8 Å². The van der Waals surface area contributed by atoms with Crippen LogP contribution in [-0.2, 0) is 20.9 Å². The van der Waals surface area contributed by atoms with Crippen LogP contribution in [0.15, 0.2) is 60.7 Å². The van der Waals surface area contributed by atoms with Gasteiger partial charge in [0.1, 0.15) is 6.04 Å². The third kappa shape index (κ3) is 5.41. The third-order valence-corrected chi connectivity index (χ3v) is 6.57. The summed E-state index contributed by atoms with van der Waals surface area (Å²) in [6.45, 7) is 0.101. The second kappa shape index (κ2) is 11.7. The average molecular weight is 519 g/mol. The van der Waals surface area contributed by atoms with Crippen molar-refractivity contribution in [1.29, 1.82) is 0 Å². The number of nitrogens with one attached hydrogen (secondary N) is 2. The highest BCUT2D eigenvalue weighted by Crippen LogP contribution is 2.44. The van der Waals surface area contributed by atoms with Crippen molar-refractivity contribution in [3.05, 3.63) is 77.4 Å². The summed E-state index contributed by atoms with van der Waals surface area (Å²) >= 11 is 0. The molecule has 1 aliphatic rings. The van der Waals surface area contributed by atoms with Crippen molar-refractivity contribution in [2.24, 2.45) is 0 Å². The van der Waals surface area contributed by atoms with Gasteiger partial charge in [-0.1, -0.05) is 48.5 Å². The lowest BCUT2D eigenvalue weighted by Crippen LogP contribution is -2.48. The normalized spacial score (nSPS) is 12.6. The van der Waals surface area contributed by atoms with E-state index in [2.05, 4.69) is 10.6 Å². The number of hydrogen-bond acceptors (Lipinski definition) is 6.